The van der Waals surface area contributed by atoms with Gasteiger partial charge in [0.05, 0.1) is 0 Å². The molecule has 0 bridgehead atoms. The van der Waals surface area contributed by atoms with Crippen LogP contribution < -0.4 is 0 Å². The van der Waals surface area contributed by atoms with Crippen LogP contribution in [-0.4, -0.2) is 28.5 Å². The summed E-state index contributed by atoms with van der Waals surface area (Å²) in [4.78, 5) is 13.8. The Morgan fingerprint density at radius 1 is 1.37 bits per heavy atom. The van der Waals surface area contributed by atoms with Crippen LogP contribution in [0.1, 0.15) is 31.4 Å². The first-order valence-electron chi connectivity index (χ1n) is 7.03. The first-order chi connectivity index (χ1) is 9.20. The normalized spacial score (nSPS) is 19.3. The lowest BCUT2D eigenvalue weighted by Gasteiger charge is -2.16. The maximum atomic E-state index is 11.8. The van der Waals surface area contributed by atoms with Crippen molar-refractivity contribution >= 4 is 16.8 Å². The van der Waals surface area contributed by atoms with Crippen molar-refractivity contribution < 1.29 is 4.79 Å². The Bertz CT molecular complexity index is 614. The van der Waals surface area contributed by atoms with Crippen molar-refractivity contribution in [2.24, 2.45) is 7.05 Å². The van der Waals surface area contributed by atoms with E-state index in [-0.39, 0.29) is 5.91 Å². The molecule has 1 aliphatic heterocycles. The van der Waals surface area contributed by atoms with Gasteiger partial charge in [0.2, 0.25) is 5.91 Å². The maximum Gasteiger partial charge on any atom is 0.222 e. The van der Waals surface area contributed by atoms with E-state index in [2.05, 4.69) is 41.9 Å². The number of amides is 1. The summed E-state index contributed by atoms with van der Waals surface area (Å²) in [6, 6.07) is 10.7. The van der Waals surface area contributed by atoms with E-state index in [0.29, 0.717) is 12.3 Å². The molecule has 1 unspecified atom stereocenters. The van der Waals surface area contributed by atoms with Crippen molar-refractivity contribution in [2.75, 3.05) is 13.1 Å². The second-order valence-electron chi connectivity index (χ2n) is 5.37. The van der Waals surface area contributed by atoms with Crippen LogP contribution in [0.25, 0.3) is 10.9 Å². The Morgan fingerprint density at radius 3 is 2.89 bits per heavy atom. The van der Waals surface area contributed by atoms with Crippen LogP contribution in [0.2, 0.25) is 0 Å². The molecule has 0 spiro atoms. The van der Waals surface area contributed by atoms with Crippen LogP contribution >= 0.6 is 0 Å². The summed E-state index contributed by atoms with van der Waals surface area (Å²) >= 11 is 0. The van der Waals surface area contributed by atoms with Gasteiger partial charge in [0.25, 0.3) is 0 Å². The van der Waals surface area contributed by atoms with Gasteiger partial charge in [-0.2, -0.15) is 0 Å². The molecule has 1 saturated heterocycles. The molecule has 2 aromatic rings. The molecule has 1 atom stereocenters. The molecule has 1 aromatic carbocycles. The fraction of sp³-hybridized carbons (Fsp3) is 0.438. The van der Waals surface area contributed by atoms with Crippen LogP contribution in [0.5, 0.6) is 0 Å². The predicted octanol–water partition coefficient (Wildman–Crippen LogP) is 2.90. The van der Waals surface area contributed by atoms with Gasteiger partial charge in [0.1, 0.15) is 0 Å². The Morgan fingerprint density at radius 2 is 2.16 bits per heavy atom. The van der Waals surface area contributed by atoms with Crippen LogP contribution in [0.4, 0.5) is 0 Å². The molecule has 0 N–H and O–H groups in total. The fourth-order valence-electron chi connectivity index (χ4n) is 3.15. The summed E-state index contributed by atoms with van der Waals surface area (Å²) in [6.45, 7) is 3.71. The number of aromatic nitrogens is 1. The summed E-state index contributed by atoms with van der Waals surface area (Å²) < 4.78 is 2.28. The zero-order valence-corrected chi connectivity index (χ0v) is 11.6. The summed E-state index contributed by atoms with van der Waals surface area (Å²) in [5.74, 6) is 0.758. The number of nitrogens with zero attached hydrogens (tertiary/aromatic N) is 2. The number of hydrogen-bond donors (Lipinski definition) is 0. The number of likely N-dealkylation sites (tertiary alicyclic amines) is 1. The molecule has 1 amide bonds. The second-order valence-corrected chi connectivity index (χ2v) is 5.37. The molecule has 3 rings (SSSR count). The van der Waals surface area contributed by atoms with E-state index in [1.165, 1.54) is 16.6 Å². The number of carbonyl (C=O) groups excluding carboxylic acids is 1. The summed E-state index contributed by atoms with van der Waals surface area (Å²) in [6.07, 6.45) is 1.69. The lowest BCUT2D eigenvalue weighted by Crippen LogP contribution is -2.27. The molecule has 1 aliphatic rings. The van der Waals surface area contributed by atoms with Crippen molar-refractivity contribution in [1.82, 2.24) is 9.47 Å². The van der Waals surface area contributed by atoms with Gasteiger partial charge in [-0.15, -0.1) is 0 Å². The van der Waals surface area contributed by atoms with Gasteiger partial charge >= 0.3 is 0 Å². The third-order valence-corrected chi connectivity index (χ3v) is 4.25. The predicted molar refractivity (Wildman–Crippen MR) is 77.1 cm³/mol. The van der Waals surface area contributed by atoms with Crippen LogP contribution in [0.3, 0.4) is 0 Å². The van der Waals surface area contributed by atoms with Crippen molar-refractivity contribution in [3.8, 4) is 0 Å². The monoisotopic (exact) mass is 256 g/mol. The van der Waals surface area contributed by atoms with Gasteiger partial charge in [-0.1, -0.05) is 25.1 Å². The van der Waals surface area contributed by atoms with E-state index in [1.54, 1.807) is 0 Å². The van der Waals surface area contributed by atoms with E-state index in [1.807, 2.05) is 11.8 Å². The van der Waals surface area contributed by atoms with Crippen LogP contribution in [0.15, 0.2) is 30.3 Å². The van der Waals surface area contributed by atoms with E-state index in [9.17, 15) is 4.79 Å². The first kappa shape index (κ1) is 12.3. The topological polar surface area (TPSA) is 25.2 Å². The molecule has 1 fully saturated rings. The minimum atomic E-state index is 0.279. The highest BCUT2D eigenvalue weighted by atomic mass is 16.2. The van der Waals surface area contributed by atoms with E-state index >= 15 is 0 Å². The Kier molecular flexibility index (Phi) is 3.05. The van der Waals surface area contributed by atoms with E-state index in [0.717, 1.165) is 19.5 Å². The molecule has 2 heterocycles. The average molecular weight is 256 g/mol. The molecule has 0 aliphatic carbocycles. The number of benzene rings is 1. The number of rotatable bonds is 2. The van der Waals surface area contributed by atoms with Gasteiger partial charge in [0.15, 0.2) is 0 Å². The number of hydrogen-bond acceptors (Lipinski definition) is 1. The number of carbonyl (C=O) groups is 1. The van der Waals surface area contributed by atoms with Gasteiger partial charge in [-0.3, -0.25) is 4.79 Å². The zero-order chi connectivity index (χ0) is 13.4. The standard InChI is InChI=1S/C16H20N2O/c1-3-16(19)18-9-8-13(11-18)15-10-12-6-4-5-7-14(12)17(15)2/h4-7,10,13H,3,8-9,11H2,1-2H3. The minimum absolute atomic E-state index is 0.279. The van der Waals surface area contributed by atoms with Crippen LogP contribution in [-0.2, 0) is 11.8 Å². The minimum Gasteiger partial charge on any atom is -0.347 e. The third kappa shape index (κ3) is 2.03. The maximum absolute atomic E-state index is 11.8. The van der Waals surface area contributed by atoms with Crippen molar-refractivity contribution in [1.29, 1.82) is 0 Å². The highest BCUT2D eigenvalue weighted by molar-refractivity contribution is 5.81. The number of fused-ring (bicyclic) bond motifs is 1. The molecule has 0 radical (unpaired) electrons. The largest absolute Gasteiger partial charge is 0.347 e. The second kappa shape index (κ2) is 4.72. The van der Waals surface area contributed by atoms with Gasteiger partial charge < -0.3 is 9.47 Å². The summed E-state index contributed by atoms with van der Waals surface area (Å²) in [7, 11) is 2.13. The molecular weight excluding hydrogens is 236 g/mol. The van der Waals surface area contributed by atoms with Crippen LogP contribution in [0, 0.1) is 0 Å². The Labute approximate surface area is 113 Å². The van der Waals surface area contributed by atoms with Gasteiger partial charge in [-0.05, 0) is 23.9 Å². The average Bonchev–Trinajstić information content (AvgIpc) is 3.04. The van der Waals surface area contributed by atoms with E-state index < -0.39 is 0 Å². The number of para-hydroxylation sites is 1. The zero-order valence-electron chi connectivity index (χ0n) is 11.6. The molecule has 3 heteroatoms. The quantitative estimate of drug-likeness (QED) is 0.811. The summed E-state index contributed by atoms with van der Waals surface area (Å²) in [5, 5.41) is 1.29. The lowest BCUT2D eigenvalue weighted by atomic mass is 10.0. The third-order valence-electron chi connectivity index (χ3n) is 4.25. The highest BCUT2D eigenvalue weighted by Gasteiger charge is 2.28. The Balaban J connectivity index is 1.89. The Hall–Kier alpha value is -1.77. The van der Waals surface area contributed by atoms with Gasteiger partial charge in [0, 0.05) is 43.7 Å². The van der Waals surface area contributed by atoms with E-state index in [4.69, 9.17) is 0 Å². The molecule has 1 aromatic heterocycles. The van der Waals surface area contributed by atoms with Crippen molar-refractivity contribution in [2.45, 2.75) is 25.7 Å². The smallest absolute Gasteiger partial charge is 0.222 e. The number of aryl methyl sites for hydroxylation is 1. The summed E-state index contributed by atoms with van der Waals surface area (Å²) in [5.41, 5.74) is 2.63. The lowest BCUT2D eigenvalue weighted by molar-refractivity contribution is -0.129. The van der Waals surface area contributed by atoms with Crippen molar-refractivity contribution in [3.05, 3.63) is 36.0 Å². The molecule has 3 nitrogen and oxygen atoms in total. The molecular formula is C16H20N2O. The van der Waals surface area contributed by atoms with Crippen molar-refractivity contribution in [3.63, 3.8) is 0 Å². The SMILES string of the molecule is CCC(=O)N1CCC(c2cc3ccccc3n2C)C1. The molecule has 100 valence electrons. The van der Waals surface area contributed by atoms with Gasteiger partial charge in [-0.25, -0.2) is 0 Å². The first-order valence-corrected chi connectivity index (χ1v) is 7.03. The molecule has 19 heavy (non-hydrogen) atoms. The highest BCUT2D eigenvalue weighted by Crippen LogP contribution is 2.31. The molecule has 0 saturated carbocycles. The fourth-order valence-corrected chi connectivity index (χ4v) is 3.15.